The number of imide groups is 1. The Labute approximate surface area is 219 Å². The average Bonchev–Trinajstić information content (AvgIpc) is 3.08. The summed E-state index contributed by atoms with van der Waals surface area (Å²) in [5.74, 6) is 0.902. The molecule has 1 fully saturated rings. The highest BCUT2D eigenvalue weighted by atomic mass is 79.9. The van der Waals surface area contributed by atoms with E-state index in [2.05, 4.69) is 31.9 Å². The third-order valence-electron chi connectivity index (χ3n) is 5.00. The minimum atomic E-state index is -0.300. The zero-order valence-corrected chi connectivity index (χ0v) is 22.3. The van der Waals surface area contributed by atoms with Crippen molar-refractivity contribution in [1.82, 2.24) is 4.90 Å². The molecule has 0 radical (unpaired) electrons. The number of hydrogen-bond acceptors (Lipinski definition) is 5. The molecule has 0 unspecified atom stereocenters. The molecule has 1 saturated heterocycles. The standard InChI is InChI=1S/C26H21Br2NO4S/c1-2-32-23-13-19(7-12-22(23)33-16-18-5-10-21(28)11-6-18)14-24-25(30)29(26(31)34-24)15-17-3-8-20(27)9-4-17/h3-14H,2,15-16H2,1H3/b24-14-. The van der Waals surface area contributed by atoms with Crippen LogP contribution in [0.15, 0.2) is 80.6 Å². The van der Waals surface area contributed by atoms with Gasteiger partial charge in [-0.25, -0.2) is 0 Å². The molecule has 1 aliphatic heterocycles. The van der Waals surface area contributed by atoms with E-state index in [0.29, 0.717) is 29.6 Å². The van der Waals surface area contributed by atoms with Crippen LogP contribution in [0.25, 0.3) is 6.08 Å². The molecule has 0 aromatic heterocycles. The smallest absolute Gasteiger partial charge is 0.293 e. The van der Waals surface area contributed by atoms with Crippen molar-refractivity contribution in [2.24, 2.45) is 0 Å². The second-order valence-corrected chi connectivity index (χ2v) is 10.3. The third-order valence-corrected chi connectivity index (χ3v) is 6.97. The van der Waals surface area contributed by atoms with Crippen molar-refractivity contribution in [1.29, 1.82) is 0 Å². The molecule has 0 bridgehead atoms. The van der Waals surface area contributed by atoms with Crippen LogP contribution in [0.2, 0.25) is 0 Å². The molecule has 5 nitrogen and oxygen atoms in total. The van der Waals surface area contributed by atoms with Crippen molar-refractivity contribution in [3.63, 3.8) is 0 Å². The van der Waals surface area contributed by atoms with Crippen molar-refractivity contribution >= 4 is 60.8 Å². The van der Waals surface area contributed by atoms with Gasteiger partial charge < -0.3 is 9.47 Å². The van der Waals surface area contributed by atoms with Gasteiger partial charge in [0.2, 0.25) is 0 Å². The van der Waals surface area contributed by atoms with Gasteiger partial charge >= 0.3 is 0 Å². The molecule has 8 heteroatoms. The van der Waals surface area contributed by atoms with Gasteiger partial charge in [0.05, 0.1) is 18.1 Å². The number of rotatable bonds is 8. The fraction of sp³-hybridized carbons (Fsp3) is 0.154. The fourth-order valence-corrected chi connectivity index (χ4v) is 4.67. The van der Waals surface area contributed by atoms with Crippen LogP contribution < -0.4 is 9.47 Å². The van der Waals surface area contributed by atoms with E-state index in [-0.39, 0.29) is 17.7 Å². The third kappa shape index (κ3) is 6.11. The first kappa shape index (κ1) is 24.6. The Hall–Kier alpha value is -2.55. The lowest BCUT2D eigenvalue weighted by molar-refractivity contribution is -0.123. The number of carbonyl (C=O) groups excluding carboxylic acids is 2. The maximum Gasteiger partial charge on any atom is 0.293 e. The highest BCUT2D eigenvalue weighted by Crippen LogP contribution is 2.35. The number of amides is 2. The Morgan fingerprint density at radius 3 is 2.15 bits per heavy atom. The van der Waals surface area contributed by atoms with Gasteiger partial charge in [-0.15, -0.1) is 0 Å². The summed E-state index contributed by atoms with van der Waals surface area (Å²) in [7, 11) is 0. The normalized spacial score (nSPS) is 14.7. The summed E-state index contributed by atoms with van der Waals surface area (Å²) in [5, 5.41) is -0.279. The Bertz CT molecular complexity index is 1230. The Morgan fingerprint density at radius 2 is 1.50 bits per heavy atom. The van der Waals surface area contributed by atoms with Gasteiger partial charge in [-0.05, 0) is 77.9 Å². The van der Waals surface area contributed by atoms with E-state index in [0.717, 1.165) is 37.4 Å². The summed E-state index contributed by atoms with van der Waals surface area (Å²) < 4.78 is 13.7. The SMILES string of the molecule is CCOc1cc(/C=C2\SC(=O)N(Cc3ccc(Br)cc3)C2=O)ccc1OCc1ccc(Br)cc1. The predicted molar refractivity (Wildman–Crippen MR) is 142 cm³/mol. The lowest BCUT2D eigenvalue weighted by atomic mass is 10.1. The molecule has 2 amide bonds. The summed E-state index contributed by atoms with van der Waals surface area (Å²) in [6.07, 6.45) is 1.72. The number of ether oxygens (including phenoxy) is 2. The predicted octanol–water partition coefficient (Wildman–Crippen LogP) is 7.43. The number of carbonyl (C=O) groups is 2. The number of benzene rings is 3. The van der Waals surface area contributed by atoms with E-state index in [9.17, 15) is 9.59 Å². The van der Waals surface area contributed by atoms with E-state index < -0.39 is 0 Å². The average molecular weight is 603 g/mol. The van der Waals surface area contributed by atoms with Crippen molar-refractivity contribution in [2.75, 3.05) is 6.61 Å². The second-order valence-electron chi connectivity index (χ2n) is 7.45. The van der Waals surface area contributed by atoms with Crippen LogP contribution in [0.3, 0.4) is 0 Å². The van der Waals surface area contributed by atoms with Crippen molar-refractivity contribution in [2.45, 2.75) is 20.1 Å². The zero-order chi connectivity index (χ0) is 24.1. The van der Waals surface area contributed by atoms with Crippen LogP contribution in [-0.2, 0) is 17.9 Å². The van der Waals surface area contributed by atoms with E-state index >= 15 is 0 Å². The quantitative estimate of drug-likeness (QED) is 0.251. The fourth-order valence-electron chi connectivity index (χ4n) is 3.30. The Morgan fingerprint density at radius 1 is 0.853 bits per heavy atom. The molecule has 1 heterocycles. The highest BCUT2D eigenvalue weighted by Gasteiger charge is 2.35. The number of nitrogens with zero attached hydrogens (tertiary/aromatic N) is 1. The van der Waals surface area contributed by atoms with E-state index in [1.54, 1.807) is 6.08 Å². The van der Waals surface area contributed by atoms with Gasteiger partial charge in [0.1, 0.15) is 6.61 Å². The summed E-state index contributed by atoms with van der Waals surface area (Å²) >= 11 is 7.77. The van der Waals surface area contributed by atoms with Crippen LogP contribution in [0.5, 0.6) is 11.5 Å². The van der Waals surface area contributed by atoms with Crippen molar-refractivity contribution in [3.8, 4) is 11.5 Å². The molecule has 0 saturated carbocycles. The monoisotopic (exact) mass is 601 g/mol. The molecule has 4 rings (SSSR count). The Kier molecular flexibility index (Phi) is 8.13. The summed E-state index contributed by atoms with van der Waals surface area (Å²) in [6.45, 7) is 3.02. The maximum absolute atomic E-state index is 12.9. The summed E-state index contributed by atoms with van der Waals surface area (Å²) in [4.78, 5) is 27.0. The molecule has 0 spiro atoms. The van der Waals surface area contributed by atoms with E-state index in [4.69, 9.17) is 9.47 Å². The first-order valence-electron chi connectivity index (χ1n) is 10.6. The van der Waals surface area contributed by atoms with Crippen LogP contribution in [0, 0.1) is 0 Å². The second kappa shape index (κ2) is 11.3. The number of hydrogen-bond donors (Lipinski definition) is 0. The molecule has 0 aliphatic carbocycles. The van der Waals surface area contributed by atoms with Gasteiger partial charge in [0.25, 0.3) is 11.1 Å². The van der Waals surface area contributed by atoms with Crippen LogP contribution >= 0.6 is 43.6 Å². The van der Waals surface area contributed by atoms with Gasteiger partial charge in [0, 0.05) is 8.95 Å². The topological polar surface area (TPSA) is 55.8 Å². The minimum Gasteiger partial charge on any atom is -0.490 e. The van der Waals surface area contributed by atoms with Crippen LogP contribution in [-0.4, -0.2) is 22.7 Å². The van der Waals surface area contributed by atoms with Gasteiger partial charge in [-0.1, -0.05) is 62.2 Å². The van der Waals surface area contributed by atoms with Crippen LogP contribution in [0.1, 0.15) is 23.6 Å². The van der Waals surface area contributed by atoms with Gasteiger partial charge in [0.15, 0.2) is 11.5 Å². The van der Waals surface area contributed by atoms with E-state index in [1.807, 2.05) is 73.7 Å². The first-order valence-corrected chi connectivity index (χ1v) is 13.0. The number of thioether (sulfide) groups is 1. The molecule has 3 aromatic rings. The number of halogens is 2. The van der Waals surface area contributed by atoms with Crippen molar-refractivity contribution < 1.29 is 19.1 Å². The largest absolute Gasteiger partial charge is 0.490 e. The lowest BCUT2D eigenvalue weighted by Crippen LogP contribution is -2.27. The highest BCUT2D eigenvalue weighted by molar-refractivity contribution is 9.10. The summed E-state index contributed by atoms with van der Waals surface area (Å²) in [5.41, 5.74) is 2.68. The molecule has 0 atom stereocenters. The Balaban J connectivity index is 1.49. The van der Waals surface area contributed by atoms with E-state index in [1.165, 1.54) is 4.90 Å². The minimum absolute atomic E-state index is 0.238. The molecule has 1 aliphatic rings. The van der Waals surface area contributed by atoms with Gasteiger partial charge in [-0.2, -0.15) is 0 Å². The molecule has 3 aromatic carbocycles. The van der Waals surface area contributed by atoms with Crippen LogP contribution in [0.4, 0.5) is 4.79 Å². The van der Waals surface area contributed by atoms with Gasteiger partial charge in [-0.3, -0.25) is 14.5 Å². The molecule has 174 valence electrons. The summed E-state index contributed by atoms with van der Waals surface area (Å²) in [6, 6.07) is 21.0. The molecular formula is C26H21Br2NO4S. The first-order chi connectivity index (χ1) is 16.4. The molecular weight excluding hydrogens is 582 g/mol. The molecule has 34 heavy (non-hydrogen) atoms. The maximum atomic E-state index is 12.9. The lowest BCUT2D eigenvalue weighted by Gasteiger charge is -2.13. The van der Waals surface area contributed by atoms with Crippen molar-refractivity contribution in [3.05, 3.63) is 97.3 Å². The molecule has 0 N–H and O–H groups in total. The zero-order valence-electron chi connectivity index (χ0n) is 18.3.